The van der Waals surface area contributed by atoms with E-state index in [-0.39, 0.29) is 31.0 Å². The number of esters is 2. The molecule has 1 atom stereocenters. The van der Waals surface area contributed by atoms with Crippen molar-refractivity contribution in [2.24, 2.45) is 4.99 Å². The zero-order chi connectivity index (χ0) is 36.1. The smallest absolute Gasteiger partial charge is 0.343 e. The monoisotopic (exact) mass is 866 g/mol. The van der Waals surface area contributed by atoms with Crippen molar-refractivity contribution in [2.45, 2.75) is 33.4 Å². The van der Waals surface area contributed by atoms with E-state index in [0.717, 1.165) is 5.56 Å². The molecule has 4 aromatic rings. The molecule has 0 aliphatic carbocycles. The van der Waals surface area contributed by atoms with Crippen LogP contribution in [0.25, 0.3) is 6.08 Å². The van der Waals surface area contributed by atoms with Gasteiger partial charge in [0.1, 0.15) is 12.4 Å². The topological polar surface area (TPSA) is 115 Å². The summed E-state index contributed by atoms with van der Waals surface area (Å²) >= 11 is 20.6. The van der Waals surface area contributed by atoms with Gasteiger partial charge in [-0.2, -0.15) is 0 Å². The lowest BCUT2D eigenvalue weighted by molar-refractivity contribution is -0.143. The summed E-state index contributed by atoms with van der Waals surface area (Å²) in [6, 6.07) is 13.1. The quantitative estimate of drug-likeness (QED) is 0.138. The zero-order valence-corrected chi connectivity index (χ0v) is 32.7. The van der Waals surface area contributed by atoms with Gasteiger partial charge in [0, 0.05) is 0 Å². The van der Waals surface area contributed by atoms with Crippen molar-refractivity contribution >= 4 is 84.4 Å². The van der Waals surface area contributed by atoms with Crippen LogP contribution in [0.3, 0.4) is 0 Å². The predicted octanol–water partition coefficient (Wildman–Crippen LogP) is 7.16. The minimum Gasteiger partial charge on any atom is -0.490 e. The first-order valence-corrected chi connectivity index (χ1v) is 18.3. The second-order valence-corrected chi connectivity index (χ2v) is 14.2. The molecule has 1 aliphatic heterocycles. The highest BCUT2D eigenvalue weighted by molar-refractivity contribution is 9.11. The third-order valence-corrected chi connectivity index (χ3v) is 10.3. The third-order valence-electron chi connectivity index (χ3n) is 7.36. The number of rotatable bonds is 12. The molecule has 0 saturated heterocycles. The van der Waals surface area contributed by atoms with Crippen molar-refractivity contribution in [3.8, 4) is 17.2 Å². The van der Waals surface area contributed by atoms with Gasteiger partial charge in [-0.25, -0.2) is 14.6 Å². The Morgan fingerprint density at radius 1 is 0.960 bits per heavy atom. The molecule has 50 heavy (non-hydrogen) atoms. The molecule has 0 radical (unpaired) electrons. The lowest BCUT2D eigenvalue weighted by Crippen LogP contribution is -2.40. The number of halogens is 4. The number of hydrogen-bond acceptors (Lipinski definition) is 10. The van der Waals surface area contributed by atoms with E-state index < -0.39 is 18.0 Å². The number of nitrogens with zero attached hydrogens (tertiary/aromatic N) is 2. The summed E-state index contributed by atoms with van der Waals surface area (Å²) in [7, 11) is 1.27. The van der Waals surface area contributed by atoms with Crippen LogP contribution in [0.4, 0.5) is 0 Å². The van der Waals surface area contributed by atoms with E-state index in [4.69, 9.17) is 42.1 Å². The summed E-state index contributed by atoms with van der Waals surface area (Å²) in [4.78, 5) is 44.4. The van der Waals surface area contributed by atoms with Gasteiger partial charge < -0.3 is 23.7 Å². The number of ether oxygens (including phenoxy) is 5. The minimum absolute atomic E-state index is 0.133. The summed E-state index contributed by atoms with van der Waals surface area (Å²) in [5, 5.41) is 0.896. The van der Waals surface area contributed by atoms with Gasteiger partial charge in [-0.3, -0.25) is 9.36 Å². The van der Waals surface area contributed by atoms with Crippen molar-refractivity contribution < 1.29 is 33.3 Å². The van der Waals surface area contributed by atoms with Gasteiger partial charge in [-0.05, 0) is 112 Å². The first-order chi connectivity index (χ1) is 23.9. The Balaban J connectivity index is 1.56. The van der Waals surface area contributed by atoms with Gasteiger partial charge >= 0.3 is 11.9 Å². The number of methoxy groups -OCH3 is 1. The molecular weight excluding hydrogens is 839 g/mol. The first kappa shape index (κ1) is 37.6. The Kier molecular flexibility index (Phi) is 12.5. The van der Waals surface area contributed by atoms with E-state index in [2.05, 4.69) is 41.6 Å². The number of carbonyl (C=O) groups excluding carboxylic acids is 2. The molecule has 2 heterocycles. The standard InChI is InChI=1S/C35H30Br2Cl2N2O8S/c1-5-46-27-15-21(8-10-26(27)48-17-29(42)45-4)31-30(34(44)47-6-2)18(3)40-35-41(31)33(43)28(50-35)14-20-11-22(36)32(23(37)12-20)49-16-19-7-9-24(38)25(39)13-19/h7-15,31H,5-6,16-17H2,1-4H3/b28-14-/t31-/m0/s1. The average molecular weight is 869 g/mol. The SMILES string of the molecule is CCOC(=O)C1=C(C)N=c2s/c(=C\c3cc(Br)c(OCc4ccc(Cl)c(Cl)c4)c(Br)c3)c(=O)n2[C@H]1c1ccc(OCC(=O)OC)c(OCC)c1. The predicted molar refractivity (Wildman–Crippen MR) is 198 cm³/mol. The Hall–Kier alpha value is -3.62. The number of fused-ring (bicyclic) bond motifs is 1. The molecular formula is C35H30Br2Cl2N2O8S. The van der Waals surface area contributed by atoms with Gasteiger partial charge in [-0.15, -0.1) is 0 Å². The van der Waals surface area contributed by atoms with Gasteiger partial charge in [0.2, 0.25) is 0 Å². The highest BCUT2D eigenvalue weighted by Crippen LogP contribution is 2.38. The van der Waals surface area contributed by atoms with E-state index in [9.17, 15) is 14.4 Å². The number of benzene rings is 3. The fourth-order valence-corrected chi connectivity index (χ4v) is 7.94. The van der Waals surface area contributed by atoms with E-state index in [1.807, 2.05) is 18.2 Å². The molecule has 10 nitrogen and oxygen atoms in total. The van der Waals surface area contributed by atoms with E-state index in [1.54, 1.807) is 57.2 Å². The first-order valence-electron chi connectivity index (χ1n) is 15.2. The van der Waals surface area contributed by atoms with Crippen LogP contribution in [-0.4, -0.2) is 43.4 Å². The maximum absolute atomic E-state index is 14.2. The fourth-order valence-electron chi connectivity index (χ4n) is 5.12. The average Bonchev–Trinajstić information content (AvgIpc) is 3.38. The Bertz CT molecular complexity index is 2160. The molecule has 0 bridgehead atoms. The van der Waals surface area contributed by atoms with Crippen LogP contribution in [0.1, 0.15) is 43.5 Å². The molecule has 0 saturated carbocycles. The highest BCUT2D eigenvalue weighted by Gasteiger charge is 2.34. The fraction of sp³-hybridized carbons (Fsp3) is 0.257. The molecule has 15 heteroatoms. The van der Waals surface area contributed by atoms with Gasteiger partial charge in [0.25, 0.3) is 5.56 Å². The van der Waals surface area contributed by atoms with Crippen molar-refractivity contribution in [2.75, 3.05) is 26.9 Å². The maximum atomic E-state index is 14.2. The summed E-state index contributed by atoms with van der Waals surface area (Å²) in [5.74, 6) is 0.0311. The number of aromatic nitrogens is 1. The summed E-state index contributed by atoms with van der Waals surface area (Å²) in [6.07, 6.45) is 1.75. The molecule has 0 unspecified atom stereocenters. The largest absolute Gasteiger partial charge is 0.490 e. The molecule has 0 spiro atoms. The van der Waals surface area contributed by atoms with Crippen molar-refractivity contribution in [3.63, 3.8) is 0 Å². The van der Waals surface area contributed by atoms with Crippen LogP contribution in [0.5, 0.6) is 17.2 Å². The summed E-state index contributed by atoms with van der Waals surface area (Å²) < 4.78 is 30.8. The molecule has 3 aromatic carbocycles. The lowest BCUT2D eigenvalue weighted by atomic mass is 9.95. The second-order valence-electron chi connectivity index (χ2n) is 10.7. The molecule has 0 amide bonds. The molecule has 0 fully saturated rings. The summed E-state index contributed by atoms with van der Waals surface area (Å²) in [6.45, 7) is 5.57. The van der Waals surface area contributed by atoms with Crippen molar-refractivity contribution in [3.05, 3.63) is 115 Å². The van der Waals surface area contributed by atoms with Crippen LogP contribution >= 0.6 is 66.4 Å². The van der Waals surface area contributed by atoms with Crippen molar-refractivity contribution in [1.29, 1.82) is 0 Å². The third kappa shape index (κ3) is 8.29. The lowest BCUT2D eigenvalue weighted by Gasteiger charge is -2.25. The summed E-state index contributed by atoms with van der Waals surface area (Å²) in [5.41, 5.74) is 2.37. The molecule has 0 N–H and O–H groups in total. The van der Waals surface area contributed by atoms with E-state index >= 15 is 0 Å². The number of hydrogen-bond donors (Lipinski definition) is 0. The van der Waals surface area contributed by atoms with Crippen LogP contribution in [-0.2, 0) is 25.7 Å². The van der Waals surface area contributed by atoms with Crippen LogP contribution in [0.15, 0.2) is 78.5 Å². The number of allylic oxidation sites excluding steroid dienone is 1. The van der Waals surface area contributed by atoms with Crippen molar-refractivity contribution in [1.82, 2.24) is 4.57 Å². The van der Waals surface area contributed by atoms with Gasteiger partial charge in [0.05, 0.1) is 61.2 Å². The number of thiazole rings is 1. The molecule has 1 aliphatic rings. The van der Waals surface area contributed by atoms with E-state index in [1.165, 1.54) is 23.0 Å². The number of carbonyl (C=O) groups is 2. The molecule has 1 aromatic heterocycles. The van der Waals surface area contributed by atoms with Crippen LogP contribution in [0, 0.1) is 0 Å². The van der Waals surface area contributed by atoms with Gasteiger partial charge in [0.15, 0.2) is 22.9 Å². The van der Waals surface area contributed by atoms with Crippen LogP contribution in [0.2, 0.25) is 10.0 Å². The molecule has 5 rings (SSSR count). The van der Waals surface area contributed by atoms with Crippen LogP contribution < -0.4 is 29.1 Å². The highest BCUT2D eigenvalue weighted by atomic mass is 79.9. The minimum atomic E-state index is -0.892. The zero-order valence-electron chi connectivity index (χ0n) is 27.2. The second kappa shape index (κ2) is 16.6. The van der Waals surface area contributed by atoms with Gasteiger partial charge in [-0.1, -0.05) is 46.7 Å². The maximum Gasteiger partial charge on any atom is 0.343 e. The molecule has 262 valence electrons. The van der Waals surface area contributed by atoms with E-state index in [0.29, 0.717) is 69.0 Å². The Labute approximate surface area is 318 Å². The normalized spacial score (nSPS) is 14.2. The Morgan fingerprint density at radius 3 is 2.36 bits per heavy atom. The Morgan fingerprint density at radius 2 is 1.70 bits per heavy atom.